The molecule has 10 heteroatoms. The number of carbonyl (C=O) groups excluding carboxylic acids is 1. The number of hydrogen-bond acceptors (Lipinski definition) is 7. The second-order valence-corrected chi connectivity index (χ2v) is 8.29. The van der Waals surface area contributed by atoms with Crippen LogP contribution in [0, 0.1) is 0 Å². The number of thioether (sulfide) groups is 1. The van der Waals surface area contributed by atoms with Crippen molar-refractivity contribution in [1.82, 2.24) is 10.2 Å². The molecule has 27 heavy (non-hydrogen) atoms. The van der Waals surface area contributed by atoms with E-state index in [2.05, 4.69) is 25.6 Å². The van der Waals surface area contributed by atoms with Crippen LogP contribution in [0.5, 0.6) is 5.75 Å². The van der Waals surface area contributed by atoms with Gasteiger partial charge in [-0.05, 0) is 37.1 Å². The normalized spacial score (nSPS) is 14.9. The summed E-state index contributed by atoms with van der Waals surface area (Å²) in [6.07, 6.45) is 6.10. The van der Waals surface area contributed by atoms with E-state index in [-0.39, 0.29) is 17.4 Å². The summed E-state index contributed by atoms with van der Waals surface area (Å²) in [5, 5.41) is 15.1. The molecule has 1 aromatic carbocycles. The van der Waals surface area contributed by atoms with Gasteiger partial charge in [0.05, 0.1) is 5.75 Å². The summed E-state index contributed by atoms with van der Waals surface area (Å²) in [6.45, 7) is -2.87. The van der Waals surface area contributed by atoms with Gasteiger partial charge in [0, 0.05) is 11.7 Å². The zero-order chi connectivity index (χ0) is 19.1. The van der Waals surface area contributed by atoms with E-state index in [0.29, 0.717) is 11.7 Å². The highest BCUT2D eigenvalue weighted by atomic mass is 32.2. The number of anilines is 2. The lowest BCUT2D eigenvalue weighted by molar-refractivity contribution is -0.113. The van der Waals surface area contributed by atoms with Crippen LogP contribution in [0.1, 0.15) is 32.1 Å². The second kappa shape index (κ2) is 9.84. The zero-order valence-electron chi connectivity index (χ0n) is 14.5. The Hall–Kier alpha value is -1.94. The molecule has 1 fully saturated rings. The summed E-state index contributed by atoms with van der Waals surface area (Å²) < 4.78 is 29.2. The van der Waals surface area contributed by atoms with Gasteiger partial charge in [-0.3, -0.25) is 4.79 Å². The molecule has 2 aromatic rings. The van der Waals surface area contributed by atoms with Crippen molar-refractivity contribution in [2.45, 2.75) is 49.1 Å². The molecular weight excluding hydrogens is 394 g/mol. The lowest BCUT2D eigenvalue weighted by Crippen LogP contribution is -2.21. The predicted molar refractivity (Wildman–Crippen MR) is 103 cm³/mol. The summed E-state index contributed by atoms with van der Waals surface area (Å²) >= 11 is 2.76. The van der Waals surface area contributed by atoms with Crippen LogP contribution >= 0.6 is 23.1 Å². The molecule has 0 saturated heterocycles. The molecule has 1 heterocycles. The van der Waals surface area contributed by atoms with E-state index in [4.69, 9.17) is 0 Å². The highest BCUT2D eigenvalue weighted by Crippen LogP contribution is 2.28. The molecule has 3 rings (SSSR count). The van der Waals surface area contributed by atoms with Crippen molar-refractivity contribution in [2.24, 2.45) is 0 Å². The molecule has 6 nitrogen and oxygen atoms in total. The van der Waals surface area contributed by atoms with Crippen LogP contribution in [0.2, 0.25) is 0 Å². The third kappa shape index (κ3) is 6.62. The van der Waals surface area contributed by atoms with Crippen molar-refractivity contribution in [3.8, 4) is 5.75 Å². The first kappa shape index (κ1) is 19.8. The first-order valence-electron chi connectivity index (χ1n) is 8.66. The van der Waals surface area contributed by atoms with Crippen molar-refractivity contribution in [2.75, 3.05) is 16.4 Å². The van der Waals surface area contributed by atoms with Crippen LogP contribution < -0.4 is 15.4 Å². The number of ether oxygens (including phenoxy) is 1. The van der Waals surface area contributed by atoms with Gasteiger partial charge in [0.2, 0.25) is 11.0 Å². The molecular formula is C17H20F2N4O2S2. The fraction of sp³-hybridized carbons (Fsp3) is 0.471. The molecule has 0 atom stereocenters. The molecule has 1 aromatic heterocycles. The minimum atomic E-state index is -2.87. The summed E-state index contributed by atoms with van der Waals surface area (Å²) in [7, 11) is 0. The maximum atomic E-state index is 12.1. The molecule has 146 valence electrons. The average molecular weight is 415 g/mol. The maximum absolute atomic E-state index is 12.1. The van der Waals surface area contributed by atoms with Gasteiger partial charge in [-0.15, -0.1) is 10.2 Å². The number of nitrogens with zero attached hydrogens (tertiary/aromatic N) is 2. The molecule has 0 unspecified atom stereocenters. The van der Waals surface area contributed by atoms with Crippen molar-refractivity contribution < 1.29 is 18.3 Å². The zero-order valence-corrected chi connectivity index (χ0v) is 16.1. The predicted octanol–water partition coefficient (Wildman–Crippen LogP) is 4.61. The Morgan fingerprint density at radius 3 is 2.67 bits per heavy atom. The molecule has 1 aliphatic rings. The largest absolute Gasteiger partial charge is 0.435 e. The van der Waals surface area contributed by atoms with Gasteiger partial charge in [0.25, 0.3) is 0 Å². The van der Waals surface area contributed by atoms with E-state index in [1.165, 1.54) is 66.6 Å². The Morgan fingerprint density at radius 2 is 1.96 bits per heavy atom. The van der Waals surface area contributed by atoms with Crippen LogP contribution in [0.3, 0.4) is 0 Å². The van der Waals surface area contributed by atoms with Crippen LogP contribution in [0.4, 0.5) is 19.6 Å². The highest BCUT2D eigenvalue weighted by molar-refractivity contribution is 8.01. The minimum Gasteiger partial charge on any atom is -0.435 e. The van der Waals surface area contributed by atoms with Crippen LogP contribution in [0.25, 0.3) is 0 Å². The van der Waals surface area contributed by atoms with Gasteiger partial charge < -0.3 is 15.4 Å². The summed E-state index contributed by atoms with van der Waals surface area (Å²) in [6, 6.07) is 6.24. The van der Waals surface area contributed by atoms with Crippen LogP contribution in [-0.4, -0.2) is 34.5 Å². The first-order chi connectivity index (χ1) is 13.1. The number of benzene rings is 1. The lowest BCUT2D eigenvalue weighted by atomic mass is 9.96. The van der Waals surface area contributed by atoms with Gasteiger partial charge >= 0.3 is 6.61 Å². The number of alkyl halides is 2. The van der Waals surface area contributed by atoms with E-state index in [9.17, 15) is 13.6 Å². The number of aromatic nitrogens is 2. The summed E-state index contributed by atoms with van der Waals surface area (Å²) in [5.74, 6) is 0.0246. The van der Waals surface area contributed by atoms with Crippen molar-refractivity contribution in [3.05, 3.63) is 24.3 Å². The summed E-state index contributed by atoms with van der Waals surface area (Å²) in [5.41, 5.74) is 0.513. The van der Waals surface area contributed by atoms with E-state index in [1.54, 1.807) is 0 Å². The second-order valence-electron chi connectivity index (χ2n) is 6.09. The summed E-state index contributed by atoms with van der Waals surface area (Å²) in [4.78, 5) is 12.0. The highest BCUT2D eigenvalue weighted by Gasteiger charge is 2.15. The molecule has 0 bridgehead atoms. The third-order valence-corrected chi connectivity index (χ3v) is 6.02. The van der Waals surface area contributed by atoms with Crippen LogP contribution in [-0.2, 0) is 4.79 Å². The van der Waals surface area contributed by atoms with E-state index >= 15 is 0 Å². The average Bonchev–Trinajstić information content (AvgIpc) is 3.09. The Kier molecular flexibility index (Phi) is 7.22. The monoisotopic (exact) mass is 414 g/mol. The lowest BCUT2D eigenvalue weighted by Gasteiger charge is -2.21. The number of halogens is 2. The van der Waals surface area contributed by atoms with Gasteiger partial charge in [-0.25, -0.2) is 0 Å². The van der Waals surface area contributed by atoms with E-state index in [1.807, 2.05) is 0 Å². The Labute approximate surface area is 164 Å². The number of rotatable bonds is 8. The molecule has 2 N–H and O–H groups in total. The standard InChI is InChI=1S/C17H20F2N4O2S2/c18-15(19)25-13-8-6-12(7-9-13)20-14(24)10-26-17-23-22-16(27-17)21-11-4-2-1-3-5-11/h6-9,11,15H,1-5,10H2,(H,20,24)(H,21,22). The van der Waals surface area contributed by atoms with E-state index < -0.39 is 6.61 Å². The first-order valence-corrected chi connectivity index (χ1v) is 10.5. The number of nitrogens with one attached hydrogen (secondary N) is 2. The number of amides is 1. The van der Waals surface area contributed by atoms with Gasteiger partial charge in [0.15, 0.2) is 4.34 Å². The van der Waals surface area contributed by atoms with Gasteiger partial charge in [-0.2, -0.15) is 8.78 Å². The molecule has 1 saturated carbocycles. The quantitative estimate of drug-likeness (QED) is 0.614. The fourth-order valence-corrected chi connectivity index (χ4v) is 4.42. The minimum absolute atomic E-state index is 0.0456. The van der Waals surface area contributed by atoms with Gasteiger partial charge in [-0.1, -0.05) is 42.4 Å². The Morgan fingerprint density at radius 1 is 1.22 bits per heavy atom. The Bertz CT molecular complexity index is 737. The van der Waals surface area contributed by atoms with Crippen LogP contribution in [0.15, 0.2) is 28.6 Å². The molecule has 0 spiro atoms. The molecule has 0 radical (unpaired) electrons. The molecule has 1 amide bonds. The number of carbonyl (C=O) groups is 1. The topological polar surface area (TPSA) is 76.1 Å². The van der Waals surface area contributed by atoms with Crippen molar-refractivity contribution >= 4 is 39.8 Å². The number of hydrogen-bond donors (Lipinski definition) is 2. The van der Waals surface area contributed by atoms with Crippen molar-refractivity contribution in [3.63, 3.8) is 0 Å². The maximum Gasteiger partial charge on any atom is 0.387 e. The van der Waals surface area contributed by atoms with E-state index in [0.717, 1.165) is 22.3 Å². The van der Waals surface area contributed by atoms with Gasteiger partial charge in [0.1, 0.15) is 5.75 Å². The smallest absolute Gasteiger partial charge is 0.387 e. The SMILES string of the molecule is O=C(CSc1nnc(NC2CCCCC2)s1)Nc1ccc(OC(F)F)cc1. The molecule has 0 aliphatic heterocycles. The third-order valence-electron chi connectivity index (χ3n) is 4.03. The van der Waals surface area contributed by atoms with Crippen molar-refractivity contribution in [1.29, 1.82) is 0 Å². The molecule has 1 aliphatic carbocycles. The fourth-order valence-electron chi connectivity index (χ4n) is 2.79. The Balaban J connectivity index is 1.42.